The lowest BCUT2D eigenvalue weighted by molar-refractivity contribution is 0.186. The summed E-state index contributed by atoms with van der Waals surface area (Å²) in [6.07, 6.45) is 0.957. The number of nitrogen functional groups attached to an aromatic ring is 1. The summed E-state index contributed by atoms with van der Waals surface area (Å²) < 4.78 is 5.66. The summed E-state index contributed by atoms with van der Waals surface area (Å²) in [5.74, 6) is 6.52. The molecule has 0 fully saturated rings. The summed E-state index contributed by atoms with van der Waals surface area (Å²) in [4.78, 5) is 4.12. The molecular weight excluding hydrogens is 261 g/mol. The molecule has 3 N–H and O–H groups in total. The maximum Gasteiger partial charge on any atom is 0.234 e. The van der Waals surface area contributed by atoms with E-state index in [4.69, 9.17) is 33.8 Å². The Balaban J connectivity index is 2.83. The molecule has 1 aromatic heterocycles. The number of hydrazine groups is 1. The lowest BCUT2D eigenvalue weighted by Crippen LogP contribution is -2.16. The van der Waals surface area contributed by atoms with E-state index in [-0.39, 0.29) is 6.10 Å². The second-order valence-electron chi connectivity index (χ2n) is 4.31. The van der Waals surface area contributed by atoms with Crippen molar-refractivity contribution in [3.63, 3.8) is 0 Å². The lowest BCUT2D eigenvalue weighted by atomic mass is 10.1. The zero-order valence-corrected chi connectivity index (χ0v) is 11.6. The van der Waals surface area contributed by atoms with E-state index in [2.05, 4.69) is 24.3 Å². The monoisotopic (exact) mass is 277 g/mol. The second-order valence-corrected chi connectivity index (χ2v) is 5.12. The zero-order valence-electron chi connectivity index (χ0n) is 10.1. The minimum atomic E-state index is 0.0341. The summed E-state index contributed by atoms with van der Waals surface area (Å²) in [5, 5.41) is 0.742. The number of ether oxygens (including phenoxy) is 1. The summed E-state index contributed by atoms with van der Waals surface area (Å²) in [6.45, 7) is 6.23. The molecule has 0 radical (unpaired) electrons. The number of hydrogen-bond donors (Lipinski definition) is 2. The van der Waals surface area contributed by atoms with Crippen molar-refractivity contribution in [3.05, 3.63) is 16.1 Å². The molecule has 0 amide bonds. The van der Waals surface area contributed by atoms with Crippen molar-refractivity contribution in [1.82, 2.24) is 4.98 Å². The van der Waals surface area contributed by atoms with E-state index in [0.29, 0.717) is 27.7 Å². The van der Waals surface area contributed by atoms with Crippen LogP contribution in [0.2, 0.25) is 10.0 Å². The number of anilines is 1. The van der Waals surface area contributed by atoms with Crippen LogP contribution < -0.4 is 16.0 Å². The van der Waals surface area contributed by atoms with Crippen LogP contribution in [-0.4, -0.2) is 11.1 Å². The number of aromatic nitrogens is 1. The standard InChI is InChI=1S/C11H17Cl2N3O/c1-6(2)4-7(3)17-11-9(13)5-8(12)10(15-11)16-14/h5-7H,4,14H2,1-3H3,(H,15,16). The number of nitrogens with two attached hydrogens (primary N) is 1. The maximum atomic E-state index is 6.00. The molecule has 0 aliphatic rings. The number of hydrogen-bond acceptors (Lipinski definition) is 4. The highest BCUT2D eigenvalue weighted by molar-refractivity contribution is 6.36. The lowest BCUT2D eigenvalue weighted by Gasteiger charge is -2.17. The van der Waals surface area contributed by atoms with Crippen LogP contribution in [-0.2, 0) is 0 Å². The van der Waals surface area contributed by atoms with Gasteiger partial charge in [-0.1, -0.05) is 37.0 Å². The first kappa shape index (κ1) is 14.4. The Morgan fingerprint density at radius 2 is 2.00 bits per heavy atom. The van der Waals surface area contributed by atoms with Crippen molar-refractivity contribution >= 4 is 29.0 Å². The Morgan fingerprint density at radius 3 is 2.53 bits per heavy atom. The average Bonchev–Trinajstić information content (AvgIpc) is 2.20. The molecule has 1 aromatic rings. The number of nitrogens with one attached hydrogen (secondary N) is 1. The average molecular weight is 278 g/mol. The van der Waals surface area contributed by atoms with Crippen LogP contribution in [0.3, 0.4) is 0 Å². The maximum absolute atomic E-state index is 6.00. The van der Waals surface area contributed by atoms with Gasteiger partial charge in [-0.2, -0.15) is 4.98 Å². The molecule has 0 aliphatic heterocycles. The Kier molecular flexibility index (Phi) is 5.31. The van der Waals surface area contributed by atoms with Gasteiger partial charge in [0.05, 0.1) is 11.1 Å². The SMILES string of the molecule is CC(C)CC(C)Oc1nc(NN)c(Cl)cc1Cl. The first-order valence-corrected chi connectivity index (χ1v) is 6.19. The van der Waals surface area contributed by atoms with Crippen molar-refractivity contribution in [2.24, 2.45) is 11.8 Å². The largest absolute Gasteiger partial charge is 0.474 e. The smallest absolute Gasteiger partial charge is 0.234 e. The third-order valence-electron chi connectivity index (χ3n) is 2.15. The van der Waals surface area contributed by atoms with Gasteiger partial charge in [0.2, 0.25) is 5.88 Å². The van der Waals surface area contributed by atoms with Crippen molar-refractivity contribution in [2.75, 3.05) is 5.43 Å². The van der Waals surface area contributed by atoms with E-state index in [0.717, 1.165) is 6.42 Å². The minimum absolute atomic E-state index is 0.0341. The van der Waals surface area contributed by atoms with Gasteiger partial charge in [0, 0.05) is 0 Å². The van der Waals surface area contributed by atoms with Gasteiger partial charge >= 0.3 is 0 Å². The number of nitrogens with zero attached hydrogens (tertiary/aromatic N) is 1. The summed E-state index contributed by atoms with van der Waals surface area (Å²) in [5.41, 5.74) is 2.40. The van der Waals surface area contributed by atoms with Crippen LogP contribution >= 0.6 is 23.2 Å². The van der Waals surface area contributed by atoms with Gasteiger partial charge in [-0.05, 0) is 25.3 Å². The Bertz CT molecular complexity index is 385. The predicted molar refractivity (Wildman–Crippen MR) is 71.6 cm³/mol. The van der Waals surface area contributed by atoms with E-state index in [9.17, 15) is 0 Å². The summed E-state index contributed by atoms with van der Waals surface area (Å²) in [6, 6.07) is 1.56. The van der Waals surface area contributed by atoms with Gasteiger partial charge in [0.25, 0.3) is 0 Å². The number of pyridine rings is 1. The topological polar surface area (TPSA) is 60.2 Å². The fraction of sp³-hybridized carbons (Fsp3) is 0.545. The molecule has 17 heavy (non-hydrogen) atoms. The molecule has 0 bridgehead atoms. The predicted octanol–water partition coefficient (Wildman–Crippen LogP) is 3.49. The van der Waals surface area contributed by atoms with Crippen molar-refractivity contribution in [3.8, 4) is 5.88 Å². The van der Waals surface area contributed by atoms with Crippen LogP contribution in [0.5, 0.6) is 5.88 Å². The second kappa shape index (κ2) is 6.28. The third kappa shape index (κ3) is 4.22. The van der Waals surface area contributed by atoms with E-state index < -0.39 is 0 Å². The van der Waals surface area contributed by atoms with Gasteiger partial charge in [0.15, 0.2) is 5.82 Å². The van der Waals surface area contributed by atoms with Gasteiger partial charge in [-0.15, -0.1) is 0 Å². The molecular formula is C11H17Cl2N3O. The van der Waals surface area contributed by atoms with E-state index >= 15 is 0 Å². The van der Waals surface area contributed by atoms with Gasteiger partial charge in [-0.25, -0.2) is 5.84 Å². The molecule has 1 heterocycles. The minimum Gasteiger partial charge on any atom is -0.474 e. The van der Waals surface area contributed by atoms with Crippen molar-refractivity contribution in [2.45, 2.75) is 33.3 Å². The number of halogens is 2. The molecule has 1 atom stereocenters. The third-order valence-corrected chi connectivity index (χ3v) is 2.71. The summed E-state index contributed by atoms with van der Waals surface area (Å²) >= 11 is 11.9. The molecule has 1 unspecified atom stereocenters. The number of rotatable bonds is 5. The van der Waals surface area contributed by atoms with E-state index in [1.165, 1.54) is 0 Å². The van der Waals surface area contributed by atoms with E-state index in [1.807, 2.05) is 6.92 Å². The highest BCUT2D eigenvalue weighted by Crippen LogP contribution is 2.31. The molecule has 1 rings (SSSR count). The molecule has 0 saturated heterocycles. The Hall–Kier alpha value is -0.710. The zero-order chi connectivity index (χ0) is 13.0. The van der Waals surface area contributed by atoms with Gasteiger partial charge in [-0.3, -0.25) is 0 Å². The van der Waals surface area contributed by atoms with Crippen LogP contribution in [0.25, 0.3) is 0 Å². The van der Waals surface area contributed by atoms with Gasteiger partial charge < -0.3 is 10.2 Å². The molecule has 0 saturated carbocycles. The fourth-order valence-corrected chi connectivity index (χ4v) is 1.99. The molecule has 0 spiro atoms. The van der Waals surface area contributed by atoms with E-state index in [1.54, 1.807) is 6.07 Å². The Morgan fingerprint density at radius 1 is 1.35 bits per heavy atom. The van der Waals surface area contributed by atoms with Crippen LogP contribution in [0.1, 0.15) is 27.2 Å². The quantitative estimate of drug-likeness (QED) is 0.639. The van der Waals surface area contributed by atoms with Gasteiger partial charge in [0.1, 0.15) is 5.02 Å². The highest BCUT2D eigenvalue weighted by atomic mass is 35.5. The summed E-state index contributed by atoms with van der Waals surface area (Å²) in [7, 11) is 0. The van der Waals surface area contributed by atoms with Crippen LogP contribution in [0.15, 0.2) is 6.07 Å². The molecule has 96 valence electrons. The van der Waals surface area contributed by atoms with Crippen molar-refractivity contribution < 1.29 is 4.74 Å². The molecule has 0 aliphatic carbocycles. The molecule has 4 nitrogen and oxygen atoms in total. The van der Waals surface area contributed by atoms with Crippen LogP contribution in [0.4, 0.5) is 5.82 Å². The highest BCUT2D eigenvalue weighted by Gasteiger charge is 2.13. The first-order chi connectivity index (χ1) is 7.93. The van der Waals surface area contributed by atoms with Crippen molar-refractivity contribution in [1.29, 1.82) is 0 Å². The first-order valence-electron chi connectivity index (χ1n) is 5.43. The fourth-order valence-electron chi connectivity index (χ4n) is 1.54. The molecule has 6 heteroatoms. The molecule has 0 aromatic carbocycles. The normalized spacial score (nSPS) is 12.6. The Labute approximate surface area is 111 Å². The van der Waals surface area contributed by atoms with Crippen LogP contribution in [0, 0.1) is 5.92 Å².